The second kappa shape index (κ2) is 7.43. The number of nitrogens with zero attached hydrogens (tertiary/aromatic N) is 4. The van der Waals surface area contributed by atoms with Crippen LogP contribution in [0.5, 0.6) is 0 Å². The maximum Gasteiger partial charge on any atom is 0.305 e. The summed E-state index contributed by atoms with van der Waals surface area (Å²) in [6, 6.07) is 2.10. The van der Waals surface area contributed by atoms with Crippen LogP contribution >= 0.6 is 0 Å². The van der Waals surface area contributed by atoms with Crippen molar-refractivity contribution >= 4 is 22.9 Å². The highest BCUT2D eigenvalue weighted by molar-refractivity contribution is 6.05. The van der Waals surface area contributed by atoms with Crippen LogP contribution in [0, 0.1) is 0 Å². The number of hydrogen-bond acceptors (Lipinski definition) is 5. The molecule has 1 fully saturated rings. The largest absolute Gasteiger partial charge is 0.469 e. The van der Waals surface area contributed by atoms with Gasteiger partial charge in [0.05, 0.1) is 24.3 Å². The Labute approximate surface area is 153 Å². The Balaban J connectivity index is 1.88. The molecule has 2 heterocycles. The summed E-state index contributed by atoms with van der Waals surface area (Å²) in [7, 11) is 3.13. The molecule has 1 aliphatic rings. The smallest absolute Gasteiger partial charge is 0.305 e. The molecule has 7 nitrogen and oxygen atoms in total. The van der Waals surface area contributed by atoms with Crippen molar-refractivity contribution in [1.29, 1.82) is 0 Å². The molecule has 0 aliphatic heterocycles. The summed E-state index contributed by atoms with van der Waals surface area (Å²) in [5.41, 5.74) is 2.39. The number of aromatic nitrogens is 3. The lowest BCUT2D eigenvalue weighted by Gasteiger charge is -2.18. The van der Waals surface area contributed by atoms with Crippen molar-refractivity contribution in [3.8, 4) is 0 Å². The zero-order valence-electron chi connectivity index (χ0n) is 15.9. The second-order valence-electron chi connectivity index (χ2n) is 7.20. The van der Waals surface area contributed by atoms with E-state index in [1.165, 1.54) is 7.11 Å². The third kappa shape index (κ3) is 3.71. The number of carbonyl (C=O) groups is 2. The number of methoxy groups -OCH3 is 1. The third-order valence-electron chi connectivity index (χ3n) is 4.75. The van der Waals surface area contributed by atoms with Crippen LogP contribution in [0.4, 0.5) is 0 Å². The molecule has 2 aromatic heterocycles. The van der Waals surface area contributed by atoms with Crippen LogP contribution in [-0.2, 0) is 9.53 Å². The first-order valence-corrected chi connectivity index (χ1v) is 9.12. The Kier molecular flexibility index (Phi) is 5.25. The van der Waals surface area contributed by atoms with Gasteiger partial charge in [0, 0.05) is 37.7 Å². The highest BCUT2D eigenvalue weighted by Crippen LogP contribution is 2.40. The van der Waals surface area contributed by atoms with E-state index in [1.54, 1.807) is 18.1 Å². The number of pyridine rings is 1. The van der Waals surface area contributed by atoms with Gasteiger partial charge in [0.15, 0.2) is 5.65 Å². The molecule has 0 radical (unpaired) electrons. The number of amides is 1. The number of carbonyl (C=O) groups excluding carboxylic acids is 2. The molecule has 0 atom stereocenters. The second-order valence-corrected chi connectivity index (χ2v) is 7.20. The van der Waals surface area contributed by atoms with Gasteiger partial charge >= 0.3 is 5.97 Å². The van der Waals surface area contributed by atoms with Gasteiger partial charge in [-0.25, -0.2) is 9.67 Å². The van der Waals surface area contributed by atoms with Gasteiger partial charge in [-0.3, -0.25) is 9.59 Å². The highest BCUT2D eigenvalue weighted by atomic mass is 16.5. The van der Waals surface area contributed by atoms with Crippen LogP contribution in [0.15, 0.2) is 12.3 Å². The van der Waals surface area contributed by atoms with E-state index in [1.807, 2.05) is 10.7 Å². The van der Waals surface area contributed by atoms with Crippen LogP contribution in [-0.4, -0.2) is 52.2 Å². The van der Waals surface area contributed by atoms with Crippen molar-refractivity contribution in [3.63, 3.8) is 0 Å². The zero-order chi connectivity index (χ0) is 18.8. The fraction of sp³-hybridized carbons (Fsp3) is 0.579. The molecule has 1 aliphatic carbocycles. The Morgan fingerprint density at radius 3 is 2.73 bits per heavy atom. The van der Waals surface area contributed by atoms with Gasteiger partial charge in [-0.15, -0.1) is 0 Å². The maximum atomic E-state index is 13.0. The number of hydrogen-bond donors (Lipinski definition) is 0. The van der Waals surface area contributed by atoms with Crippen LogP contribution in [0.3, 0.4) is 0 Å². The van der Waals surface area contributed by atoms with Gasteiger partial charge in [0.2, 0.25) is 0 Å². The Morgan fingerprint density at radius 1 is 1.38 bits per heavy atom. The molecule has 0 spiro atoms. The molecular formula is C19H26N4O3. The van der Waals surface area contributed by atoms with Crippen LogP contribution in [0.1, 0.15) is 67.5 Å². The standard InChI is InChI=1S/C19H26N4O3/c1-12(2)23-18-15(11-20-23)14(10-16(21-18)13-7-8-13)19(25)22(3)9-5-6-17(24)26-4/h10-13H,5-9H2,1-4H3. The molecular weight excluding hydrogens is 332 g/mol. The summed E-state index contributed by atoms with van der Waals surface area (Å²) >= 11 is 0. The minimum atomic E-state index is -0.258. The quantitative estimate of drug-likeness (QED) is 0.711. The zero-order valence-corrected chi connectivity index (χ0v) is 15.9. The molecule has 0 N–H and O–H groups in total. The summed E-state index contributed by atoms with van der Waals surface area (Å²) in [6.07, 6.45) is 4.85. The van der Waals surface area contributed by atoms with E-state index >= 15 is 0 Å². The Bertz CT molecular complexity index is 824. The van der Waals surface area contributed by atoms with E-state index in [0.29, 0.717) is 30.9 Å². The molecule has 0 unspecified atom stereocenters. The first-order valence-electron chi connectivity index (χ1n) is 9.12. The predicted molar refractivity (Wildman–Crippen MR) is 98.1 cm³/mol. The average Bonchev–Trinajstić information content (AvgIpc) is 3.38. The normalized spacial score (nSPS) is 14.0. The molecule has 7 heteroatoms. The van der Waals surface area contributed by atoms with Crippen molar-refractivity contribution in [2.24, 2.45) is 0 Å². The summed E-state index contributed by atoms with van der Waals surface area (Å²) < 4.78 is 6.52. The van der Waals surface area contributed by atoms with Crippen LogP contribution in [0.25, 0.3) is 11.0 Å². The SMILES string of the molecule is COC(=O)CCCN(C)C(=O)c1cc(C2CC2)nc2c1cnn2C(C)C. The number of ether oxygens (including phenoxy) is 1. The summed E-state index contributed by atoms with van der Waals surface area (Å²) in [5, 5.41) is 5.22. The van der Waals surface area contributed by atoms with Crippen LogP contribution < -0.4 is 0 Å². The van der Waals surface area contributed by atoms with Gasteiger partial charge < -0.3 is 9.64 Å². The van der Waals surface area contributed by atoms with Gasteiger partial charge in [0.25, 0.3) is 5.91 Å². The summed E-state index contributed by atoms with van der Waals surface area (Å²) in [6.45, 7) is 4.60. The molecule has 1 saturated carbocycles. The predicted octanol–water partition coefficient (Wildman–Crippen LogP) is 2.91. The van der Waals surface area contributed by atoms with Gasteiger partial charge in [0.1, 0.15) is 0 Å². The molecule has 3 rings (SSSR count). The van der Waals surface area contributed by atoms with E-state index in [-0.39, 0.29) is 17.9 Å². The van der Waals surface area contributed by atoms with E-state index in [2.05, 4.69) is 23.7 Å². The van der Waals surface area contributed by atoms with Crippen molar-refractivity contribution in [3.05, 3.63) is 23.5 Å². The molecule has 26 heavy (non-hydrogen) atoms. The van der Waals surface area contributed by atoms with E-state index in [0.717, 1.165) is 29.6 Å². The number of esters is 1. The minimum absolute atomic E-state index is 0.0625. The molecule has 0 bridgehead atoms. The summed E-state index contributed by atoms with van der Waals surface area (Å²) in [5.74, 6) is 0.130. The fourth-order valence-electron chi connectivity index (χ4n) is 3.05. The Hall–Kier alpha value is -2.44. The third-order valence-corrected chi connectivity index (χ3v) is 4.75. The monoisotopic (exact) mass is 358 g/mol. The van der Waals surface area contributed by atoms with Crippen molar-refractivity contribution in [2.75, 3.05) is 20.7 Å². The summed E-state index contributed by atoms with van der Waals surface area (Å²) in [4.78, 5) is 30.7. The first kappa shape index (κ1) is 18.4. The van der Waals surface area contributed by atoms with E-state index < -0.39 is 0 Å². The van der Waals surface area contributed by atoms with Crippen molar-refractivity contribution < 1.29 is 14.3 Å². The lowest BCUT2D eigenvalue weighted by Crippen LogP contribution is -2.28. The van der Waals surface area contributed by atoms with Crippen LogP contribution in [0.2, 0.25) is 0 Å². The van der Waals surface area contributed by atoms with Gasteiger partial charge in [-0.2, -0.15) is 5.10 Å². The molecule has 1 amide bonds. The number of fused-ring (bicyclic) bond motifs is 1. The lowest BCUT2D eigenvalue weighted by molar-refractivity contribution is -0.140. The maximum absolute atomic E-state index is 13.0. The van der Waals surface area contributed by atoms with Crippen molar-refractivity contribution in [2.45, 2.75) is 51.5 Å². The number of rotatable bonds is 7. The average molecular weight is 358 g/mol. The van der Waals surface area contributed by atoms with E-state index in [4.69, 9.17) is 4.98 Å². The van der Waals surface area contributed by atoms with E-state index in [9.17, 15) is 9.59 Å². The minimum Gasteiger partial charge on any atom is -0.469 e. The first-order chi connectivity index (χ1) is 12.4. The fourth-order valence-corrected chi connectivity index (χ4v) is 3.05. The van der Waals surface area contributed by atoms with Crippen molar-refractivity contribution in [1.82, 2.24) is 19.7 Å². The van der Waals surface area contributed by atoms with Gasteiger partial charge in [-0.1, -0.05) is 0 Å². The molecule has 0 aromatic carbocycles. The Morgan fingerprint density at radius 2 is 2.12 bits per heavy atom. The highest BCUT2D eigenvalue weighted by Gasteiger charge is 2.28. The molecule has 140 valence electrons. The van der Waals surface area contributed by atoms with Gasteiger partial charge in [-0.05, 0) is 39.2 Å². The molecule has 0 saturated heterocycles. The molecule has 2 aromatic rings. The topological polar surface area (TPSA) is 77.3 Å². The lowest BCUT2D eigenvalue weighted by atomic mass is 10.1.